The van der Waals surface area contributed by atoms with E-state index in [4.69, 9.17) is 15.0 Å². The van der Waals surface area contributed by atoms with Crippen LogP contribution in [0.25, 0.3) is 123 Å². The number of aromatic nitrogens is 5. The number of rotatable bonds is 6. The normalized spacial score (nSPS) is 13.7. The summed E-state index contributed by atoms with van der Waals surface area (Å²) >= 11 is 0. The third kappa shape index (κ3) is 6.11. The first-order valence-electron chi connectivity index (χ1n) is 26.1. The van der Waals surface area contributed by atoms with Gasteiger partial charge in [-0.1, -0.05) is 198 Å². The van der Waals surface area contributed by atoms with E-state index in [9.17, 15) is 5.26 Å². The van der Waals surface area contributed by atoms with Gasteiger partial charge in [0.1, 0.15) is 0 Å². The van der Waals surface area contributed by atoms with Crippen molar-refractivity contribution in [3.63, 3.8) is 0 Å². The first-order valence-corrected chi connectivity index (χ1v) is 26.1. The highest BCUT2D eigenvalue weighted by molar-refractivity contribution is 6.16. The fraction of sp³-hybridized carbons (Fsp3) is 0.0857. The summed E-state index contributed by atoms with van der Waals surface area (Å²) in [5.41, 5.74) is 20.9. The zero-order valence-corrected chi connectivity index (χ0v) is 42.5. The van der Waals surface area contributed by atoms with Gasteiger partial charge < -0.3 is 9.13 Å². The van der Waals surface area contributed by atoms with E-state index in [1.54, 1.807) is 0 Å². The van der Waals surface area contributed by atoms with E-state index in [-0.39, 0.29) is 10.8 Å². The lowest BCUT2D eigenvalue weighted by molar-refractivity contribution is 0.666. The molecule has 0 saturated heterocycles. The van der Waals surface area contributed by atoms with Gasteiger partial charge in [-0.25, -0.2) is 15.0 Å². The summed E-state index contributed by atoms with van der Waals surface area (Å²) < 4.78 is 4.79. The van der Waals surface area contributed by atoms with Crippen molar-refractivity contribution in [2.24, 2.45) is 0 Å². The summed E-state index contributed by atoms with van der Waals surface area (Å²) in [6.45, 7) is 9.43. The van der Waals surface area contributed by atoms with Crippen LogP contribution in [0.2, 0.25) is 0 Å². The van der Waals surface area contributed by atoms with E-state index < -0.39 is 0 Å². The van der Waals surface area contributed by atoms with Crippen LogP contribution in [0.1, 0.15) is 55.5 Å². The van der Waals surface area contributed by atoms with Crippen LogP contribution in [-0.4, -0.2) is 24.1 Å². The minimum absolute atomic E-state index is 0.222. The Balaban J connectivity index is 1.04. The second-order valence-electron chi connectivity index (χ2n) is 21.4. The molecular weight excluding hydrogens is 925 g/mol. The molecule has 0 unspecified atom stereocenters. The average molecular weight is 973 g/mol. The Kier molecular flexibility index (Phi) is 9.32. The van der Waals surface area contributed by atoms with Crippen LogP contribution in [0.4, 0.5) is 0 Å². The molecule has 0 bridgehead atoms. The molecule has 0 spiro atoms. The second kappa shape index (κ2) is 16.1. The minimum Gasteiger partial charge on any atom is -0.309 e. The standard InChI is InChI=1S/C70H48N6/c1-69(2)54-29-15-11-24-46(54)49-36-38-59-61(64(49)69)51-26-13-17-31-56(51)75(59)45-35-34-44(41-71)53(40-45)48-28-19-33-58(63(48)68-73-66(42-20-7-5-8-21-42)72-67(74-68)43-22-9-6-10-23-43)76-57-32-18-14-27-52(57)62-60(76)39-37-50-47-25-12-16-30-55(47)70(3,4)65(50)62/h5-40H,1-4H3. The van der Waals surface area contributed by atoms with Crippen molar-refractivity contribution in [3.8, 4) is 85.0 Å². The smallest absolute Gasteiger partial charge is 0.166 e. The zero-order chi connectivity index (χ0) is 51.0. The molecular formula is C70H48N6. The van der Waals surface area contributed by atoms with Crippen LogP contribution in [0.3, 0.4) is 0 Å². The molecule has 15 rings (SSSR count). The fourth-order valence-corrected chi connectivity index (χ4v) is 13.3. The molecule has 358 valence electrons. The minimum atomic E-state index is -0.261. The summed E-state index contributed by atoms with van der Waals surface area (Å²) in [7, 11) is 0. The Morgan fingerprint density at radius 2 is 0.855 bits per heavy atom. The zero-order valence-electron chi connectivity index (χ0n) is 42.5. The van der Waals surface area contributed by atoms with Crippen molar-refractivity contribution in [2.45, 2.75) is 38.5 Å². The molecule has 2 aliphatic carbocycles. The van der Waals surface area contributed by atoms with E-state index in [0.717, 1.165) is 61.3 Å². The van der Waals surface area contributed by atoms with Crippen molar-refractivity contribution < 1.29 is 0 Å². The molecule has 0 radical (unpaired) electrons. The van der Waals surface area contributed by atoms with Gasteiger partial charge in [0.05, 0.1) is 45.0 Å². The van der Waals surface area contributed by atoms with Crippen LogP contribution in [0.5, 0.6) is 0 Å². The molecule has 6 nitrogen and oxygen atoms in total. The molecule has 10 aromatic carbocycles. The number of fused-ring (bicyclic) bond motifs is 14. The number of para-hydroxylation sites is 2. The van der Waals surface area contributed by atoms with E-state index >= 15 is 0 Å². The summed E-state index contributed by atoms with van der Waals surface area (Å²) in [5.74, 6) is 1.62. The summed E-state index contributed by atoms with van der Waals surface area (Å²) in [4.78, 5) is 16.1. The summed E-state index contributed by atoms with van der Waals surface area (Å²) in [6, 6.07) is 80.1. The number of nitrogens with zero attached hydrogens (tertiary/aromatic N) is 6. The number of hydrogen-bond donors (Lipinski definition) is 0. The lowest BCUT2D eigenvalue weighted by Crippen LogP contribution is -2.15. The Morgan fingerprint density at radius 1 is 0.382 bits per heavy atom. The number of hydrogen-bond acceptors (Lipinski definition) is 4. The lowest BCUT2D eigenvalue weighted by atomic mass is 9.80. The predicted molar refractivity (Wildman–Crippen MR) is 310 cm³/mol. The van der Waals surface area contributed by atoms with Crippen molar-refractivity contribution in [3.05, 3.63) is 246 Å². The Morgan fingerprint density at radius 3 is 1.42 bits per heavy atom. The molecule has 6 heteroatoms. The van der Waals surface area contributed by atoms with Crippen LogP contribution < -0.4 is 0 Å². The average Bonchev–Trinajstić information content (AvgIpc) is 4.35. The number of benzene rings is 10. The van der Waals surface area contributed by atoms with Gasteiger partial charge >= 0.3 is 0 Å². The van der Waals surface area contributed by atoms with Crippen molar-refractivity contribution in [2.75, 3.05) is 0 Å². The first kappa shape index (κ1) is 43.8. The molecule has 0 amide bonds. The quantitative estimate of drug-likeness (QED) is 0.166. The first-order chi connectivity index (χ1) is 37.2. The molecule has 0 fully saturated rings. The molecule has 3 aromatic heterocycles. The van der Waals surface area contributed by atoms with Crippen molar-refractivity contribution in [1.29, 1.82) is 5.26 Å². The second-order valence-corrected chi connectivity index (χ2v) is 21.4. The molecule has 76 heavy (non-hydrogen) atoms. The molecule has 0 atom stereocenters. The van der Waals surface area contributed by atoms with Gasteiger partial charge in [0.15, 0.2) is 17.5 Å². The van der Waals surface area contributed by atoms with Gasteiger partial charge in [0.2, 0.25) is 0 Å². The Labute approximate surface area is 440 Å². The highest BCUT2D eigenvalue weighted by atomic mass is 15.1. The van der Waals surface area contributed by atoms with E-state index in [1.807, 2.05) is 66.7 Å². The summed E-state index contributed by atoms with van der Waals surface area (Å²) in [6.07, 6.45) is 0. The van der Waals surface area contributed by atoms with Crippen LogP contribution in [-0.2, 0) is 10.8 Å². The largest absolute Gasteiger partial charge is 0.309 e. The lowest BCUT2D eigenvalue weighted by Gasteiger charge is -2.23. The fourth-order valence-electron chi connectivity index (χ4n) is 13.3. The highest BCUT2D eigenvalue weighted by Crippen LogP contribution is 2.55. The van der Waals surface area contributed by atoms with E-state index in [0.29, 0.717) is 23.0 Å². The molecule has 0 N–H and O–H groups in total. The van der Waals surface area contributed by atoms with Gasteiger partial charge in [0, 0.05) is 54.8 Å². The third-order valence-electron chi connectivity index (χ3n) is 16.6. The van der Waals surface area contributed by atoms with Crippen LogP contribution in [0, 0.1) is 11.3 Å². The maximum atomic E-state index is 11.3. The van der Waals surface area contributed by atoms with E-state index in [1.165, 1.54) is 66.1 Å². The molecule has 0 aliphatic heterocycles. The Hall–Kier alpha value is -9.70. The maximum Gasteiger partial charge on any atom is 0.166 e. The van der Waals surface area contributed by atoms with Gasteiger partial charge in [0.25, 0.3) is 0 Å². The topological polar surface area (TPSA) is 72.3 Å². The molecule has 0 saturated carbocycles. The maximum absolute atomic E-state index is 11.3. The monoisotopic (exact) mass is 972 g/mol. The van der Waals surface area contributed by atoms with Gasteiger partial charge in [-0.15, -0.1) is 0 Å². The highest BCUT2D eigenvalue weighted by Gasteiger charge is 2.40. The Bertz CT molecular complexity index is 4590. The molecule has 3 heterocycles. The molecule has 2 aliphatic rings. The predicted octanol–water partition coefficient (Wildman–Crippen LogP) is 17.2. The van der Waals surface area contributed by atoms with Crippen LogP contribution >= 0.6 is 0 Å². The van der Waals surface area contributed by atoms with Crippen molar-refractivity contribution >= 4 is 43.6 Å². The summed E-state index contributed by atoms with van der Waals surface area (Å²) in [5, 5.41) is 16.1. The third-order valence-corrected chi connectivity index (χ3v) is 16.6. The SMILES string of the molecule is CC1(C)c2ccccc2-c2ccc3c(c21)c1ccccc1n3-c1ccc(C#N)c(-c2cccc(-n3c4ccccc4c4c5c(ccc43)-c3ccccc3C5(C)C)c2-c2nc(-c3ccccc3)nc(-c3ccccc3)n2)c1. The number of nitriles is 1. The van der Waals surface area contributed by atoms with Gasteiger partial charge in [-0.05, 0) is 98.6 Å². The van der Waals surface area contributed by atoms with E-state index in [2.05, 4.69) is 195 Å². The van der Waals surface area contributed by atoms with Crippen molar-refractivity contribution in [1.82, 2.24) is 24.1 Å². The molecule has 13 aromatic rings. The van der Waals surface area contributed by atoms with Crippen LogP contribution in [0.15, 0.2) is 218 Å². The van der Waals surface area contributed by atoms with Gasteiger partial charge in [-0.2, -0.15) is 5.26 Å². The van der Waals surface area contributed by atoms with Gasteiger partial charge in [-0.3, -0.25) is 0 Å².